The van der Waals surface area contributed by atoms with Gasteiger partial charge in [-0.2, -0.15) is 0 Å². The lowest BCUT2D eigenvalue weighted by Crippen LogP contribution is -2.14. The third-order valence-corrected chi connectivity index (χ3v) is 15.8. The van der Waals surface area contributed by atoms with Gasteiger partial charge < -0.3 is 9.80 Å². The van der Waals surface area contributed by atoms with Crippen LogP contribution in [0.25, 0.3) is 65.7 Å². The summed E-state index contributed by atoms with van der Waals surface area (Å²) < 4.78 is 0. The summed E-state index contributed by atoms with van der Waals surface area (Å²) in [6, 6.07) is 82.8. The highest BCUT2D eigenvalue weighted by atomic mass is 15.2. The minimum absolute atomic E-state index is 0.151. The summed E-state index contributed by atoms with van der Waals surface area (Å²) in [5.41, 5.74) is 23.1. The molecule has 2 aliphatic heterocycles. The molecule has 0 spiro atoms. The first-order valence-electron chi connectivity index (χ1n) is 24.7. The zero-order valence-electron chi connectivity index (χ0n) is 39.0. The number of rotatable bonds is 4. The Balaban J connectivity index is 1.15. The summed E-state index contributed by atoms with van der Waals surface area (Å²) in [6.45, 7) is 4.80. The number of hydrogen-bond donors (Lipinski definition) is 0. The van der Waals surface area contributed by atoms with Crippen molar-refractivity contribution in [2.24, 2.45) is 0 Å². The quantitative estimate of drug-likeness (QED) is 0.163. The molecule has 328 valence electrons. The molecule has 0 fully saturated rings. The molecule has 2 heterocycles. The first kappa shape index (κ1) is 39.9. The van der Waals surface area contributed by atoms with Crippen molar-refractivity contribution in [1.82, 2.24) is 0 Å². The molecule has 0 aromatic heterocycles. The van der Waals surface area contributed by atoms with Gasteiger partial charge in [-0.15, -0.1) is 0 Å². The van der Waals surface area contributed by atoms with Crippen LogP contribution in [0.3, 0.4) is 0 Å². The lowest BCUT2D eigenvalue weighted by atomic mass is 9.80. The fraction of sp³-hybridized carbons (Fsp3) is 0.104. The minimum Gasteiger partial charge on any atom is -0.310 e. The highest BCUT2D eigenvalue weighted by Gasteiger charge is 2.37. The summed E-state index contributed by atoms with van der Waals surface area (Å²) in [5.74, 6) is 0. The molecule has 2 nitrogen and oxygen atoms in total. The highest BCUT2D eigenvalue weighted by Crippen LogP contribution is 2.56. The van der Waals surface area contributed by atoms with Gasteiger partial charge in [0.2, 0.25) is 0 Å². The zero-order valence-corrected chi connectivity index (χ0v) is 39.0. The Bertz CT molecular complexity index is 3810. The molecule has 11 aromatic rings. The molecule has 0 atom stereocenters. The van der Waals surface area contributed by atoms with E-state index < -0.39 is 0 Å². The van der Waals surface area contributed by atoms with Crippen LogP contribution in [0, 0.1) is 0 Å². The molecular weight excluding hydrogens is 833 g/mol. The summed E-state index contributed by atoms with van der Waals surface area (Å²) >= 11 is 0. The molecular formula is C67H50N2. The summed E-state index contributed by atoms with van der Waals surface area (Å²) in [6.07, 6.45) is 3.99. The Labute approximate surface area is 404 Å². The number of hydrogen-bond acceptors (Lipinski definition) is 2. The molecule has 0 saturated heterocycles. The largest absolute Gasteiger partial charge is 0.310 e. The van der Waals surface area contributed by atoms with Crippen LogP contribution >= 0.6 is 0 Å². The van der Waals surface area contributed by atoms with Crippen LogP contribution in [0.1, 0.15) is 47.2 Å². The minimum atomic E-state index is -0.151. The number of para-hydroxylation sites is 4. The molecule has 0 saturated carbocycles. The van der Waals surface area contributed by atoms with E-state index in [2.05, 4.69) is 242 Å². The smallest absolute Gasteiger partial charge is 0.0493 e. The van der Waals surface area contributed by atoms with Gasteiger partial charge in [-0.25, -0.2) is 0 Å². The Hall–Kier alpha value is -8.20. The van der Waals surface area contributed by atoms with E-state index in [-0.39, 0.29) is 5.41 Å². The number of fused-ring (bicyclic) bond motifs is 10. The van der Waals surface area contributed by atoms with Gasteiger partial charge in [-0.1, -0.05) is 184 Å². The van der Waals surface area contributed by atoms with E-state index in [1.165, 1.54) is 122 Å². The summed E-state index contributed by atoms with van der Waals surface area (Å²) in [7, 11) is 0. The van der Waals surface area contributed by atoms with Gasteiger partial charge >= 0.3 is 0 Å². The average molecular weight is 883 g/mol. The molecule has 0 radical (unpaired) electrons. The number of anilines is 6. The second-order valence-corrected chi connectivity index (χ2v) is 19.8. The van der Waals surface area contributed by atoms with E-state index in [1.807, 2.05) is 0 Å². The predicted molar refractivity (Wildman–Crippen MR) is 292 cm³/mol. The maximum Gasteiger partial charge on any atom is 0.0493 e. The second kappa shape index (κ2) is 15.4. The van der Waals surface area contributed by atoms with Crippen LogP contribution in [-0.4, -0.2) is 0 Å². The van der Waals surface area contributed by atoms with E-state index in [1.54, 1.807) is 0 Å². The van der Waals surface area contributed by atoms with Crippen molar-refractivity contribution in [1.29, 1.82) is 0 Å². The van der Waals surface area contributed by atoms with Crippen LogP contribution in [0.15, 0.2) is 218 Å². The normalized spacial score (nSPS) is 14.3. The van der Waals surface area contributed by atoms with Gasteiger partial charge in [-0.05, 0) is 173 Å². The van der Waals surface area contributed by atoms with Gasteiger partial charge in [0.05, 0.1) is 0 Å². The van der Waals surface area contributed by atoms with Crippen molar-refractivity contribution in [2.45, 2.75) is 44.9 Å². The van der Waals surface area contributed by atoms with Crippen LogP contribution < -0.4 is 9.80 Å². The first-order chi connectivity index (χ1) is 34.0. The molecule has 0 amide bonds. The van der Waals surface area contributed by atoms with E-state index in [4.69, 9.17) is 0 Å². The molecule has 0 unspecified atom stereocenters. The van der Waals surface area contributed by atoms with Crippen molar-refractivity contribution in [3.8, 4) is 33.4 Å². The number of nitrogens with zero attached hydrogens (tertiary/aromatic N) is 2. The molecule has 11 aromatic carbocycles. The van der Waals surface area contributed by atoms with Crippen molar-refractivity contribution in [3.63, 3.8) is 0 Å². The van der Waals surface area contributed by atoms with E-state index in [9.17, 15) is 0 Å². The molecule has 0 bridgehead atoms. The van der Waals surface area contributed by atoms with Crippen LogP contribution in [0.5, 0.6) is 0 Å². The Kier molecular flexibility index (Phi) is 8.92. The van der Waals surface area contributed by atoms with Crippen molar-refractivity contribution in [2.75, 3.05) is 9.80 Å². The zero-order chi connectivity index (χ0) is 45.8. The molecule has 3 aliphatic rings. The fourth-order valence-corrected chi connectivity index (χ4v) is 12.6. The molecule has 69 heavy (non-hydrogen) atoms. The monoisotopic (exact) mass is 882 g/mol. The van der Waals surface area contributed by atoms with Gasteiger partial charge in [-0.3, -0.25) is 0 Å². The topological polar surface area (TPSA) is 6.48 Å². The lowest BCUT2D eigenvalue weighted by Gasteiger charge is -2.29. The van der Waals surface area contributed by atoms with Crippen molar-refractivity contribution < 1.29 is 0 Å². The van der Waals surface area contributed by atoms with Crippen molar-refractivity contribution in [3.05, 3.63) is 252 Å². The van der Waals surface area contributed by atoms with E-state index in [0.717, 1.165) is 37.1 Å². The number of benzene rings is 11. The molecule has 1 aliphatic carbocycles. The highest BCUT2D eigenvalue weighted by molar-refractivity contribution is 6.26. The summed E-state index contributed by atoms with van der Waals surface area (Å²) in [5, 5.41) is 7.46. The van der Waals surface area contributed by atoms with Crippen LogP contribution in [0.2, 0.25) is 0 Å². The maximum atomic E-state index is 2.54. The Morgan fingerprint density at radius 1 is 0.304 bits per heavy atom. The Morgan fingerprint density at radius 2 is 0.710 bits per heavy atom. The van der Waals surface area contributed by atoms with E-state index >= 15 is 0 Å². The SMILES string of the molecule is CC1(C)c2ccccc2-c2c(-c3c4cc(N5c6ccccc6CCc6ccccc65)ccc4c(-c4cccc5ccccc45)c4cc(N5c6ccccc6CCc6ccccc65)ccc34)cccc21. The average Bonchev–Trinajstić information content (AvgIpc) is 3.50. The standard InChI is InChI=1S/C67H50N2/c1-67(2)58-27-10-9-24-54(58)66-55(26-16-28-59(66)67)65-53-40-38-48(68-60-29-11-4-18-44(60)33-34-45-19-5-12-30-61(45)68)41-56(53)64(51-25-15-22-43-17-3-8-23-50(43)51)52-39-37-49(42-57(52)65)69-62-31-13-6-20-46(62)35-36-47-21-7-14-32-63(47)69/h3-32,37-42H,33-36H2,1-2H3. The summed E-state index contributed by atoms with van der Waals surface area (Å²) in [4.78, 5) is 5.07. The van der Waals surface area contributed by atoms with Gasteiger partial charge in [0, 0.05) is 39.5 Å². The fourth-order valence-electron chi connectivity index (χ4n) is 12.6. The number of aryl methyl sites for hydroxylation is 4. The third kappa shape index (κ3) is 6.04. The molecule has 2 heteroatoms. The molecule has 0 N–H and O–H groups in total. The van der Waals surface area contributed by atoms with E-state index in [0.29, 0.717) is 0 Å². The van der Waals surface area contributed by atoms with Crippen molar-refractivity contribution >= 4 is 66.4 Å². The van der Waals surface area contributed by atoms with Gasteiger partial charge in [0.1, 0.15) is 0 Å². The predicted octanol–water partition coefficient (Wildman–Crippen LogP) is 17.9. The second-order valence-electron chi connectivity index (χ2n) is 19.8. The van der Waals surface area contributed by atoms with Gasteiger partial charge in [0.25, 0.3) is 0 Å². The lowest BCUT2D eigenvalue weighted by molar-refractivity contribution is 0.660. The third-order valence-electron chi connectivity index (χ3n) is 15.8. The maximum absolute atomic E-state index is 2.54. The Morgan fingerprint density at radius 3 is 1.28 bits per heavy atom. The van der Waals surface area contributed by atoms with Gasteiger partial charge in [0.15, 0.2) is 0 Å². The molecule has 14 rings (SSSR count). The first-order valence-corrected chi connectivity index (χ1v) is 24.7. The van der Waals surface area contributed by atoms with Crippen LogP contribution in [0.4, 0.5) is 34.1 Å². The van der Waals surface area contributed by atoms with Crippen LogP contribution in [-0.2, 0) is 31.1 Å².